The normalized spacial score (nSPS) is 15.8. The lowest BCUT2D eigenvalue weighted by Crippen LogP contribution is -1.96. The number of unbranched alkanes of at least 4 members (excludes halogenated alkanes) is 2. The molecule has 1 radical (unpaired) electrons. The summed E-state index contributed by atoms with van der Waals surface area (Å²) >= 11 is 0. The second-order valence-corrected chi connectivity index (χ2v) is 2.93. The van der Waals surface area contributed by atoms with Gasteiger partial charge in [0.05, 0.1) is 11.9 Å². The summed E-state index contributed by atoms with van der Waals surface area (Å²) < 4.78 is 0. The quantitative estimate of drug-likeness (QED) is 0.552. The molecule has 0 aromatic heterocycles. The predicted molar refractivity (Wildman–Crippen MR) is 47.5 cm³/mol. The van der Waals surface area contributed by atoms with E-state index in [2.05, 4.69) is 24.4 Å². The largest absolute Gasteiger partial charge is 0.159 e. The van der Waals surface area contributed by atoms with Gasteiger partial charge in [-0.1, -0.05) is 19.8 Å². The van der Waals surface area contributed by atoms with Gasteiger partial charge in [-0.3, -0.25) is 0 Å². The van der Waals surface area contributed by atoms with Crippen molar-refractivity contribution in [3.8, 4) is 0 Å². The lowest BCUT2D eigenvalue weighted by Gasteiger charge is -1.98. The van der Waals surface area contributed by atoms with E-state index in [0.29, 0.717) is 0 Å². The lowest BCUT2D eigenvalue weighted by atomic mass is 10.1. The molecule has 61 valence electrons. The molecule has 1 aliphatic heterocycles. The van der Waals surface area contributed by atoms with Crippen LogP contribution >= 0.6 is 0 Å². The van der Waals surface area contributed by atoms with Crippen molar-refractivity contribution < 1.29 is 0 Å². The Labute approximate surface area is 68.4 Å². The maximum Gasteiger partial charge on any atom is 0.0675 e. The van der Waals surface area contributed by atoms with E-state index in [1.807, 2.05) is 6.20 Å². The average Bonchev–Trinajstić information content (AvgIpc) is 2.37. The molecule has 0 fully saturated rings. The molecule has 1 aliphatic rings. The van der Waals surface area contributed by atoms with Gasteiger partial charge in [-0.15, -0.1) is 0 Å². The Balaban J connectivity index is 2.22. The number of rotatable bonds is 4. The Bertz CT molecular complexity index is 180. The molecular weight excluding hydrogens is 136 g/mol. The molecule has 0 unspecified atom stereocenters. The molecule has 2 nitrogen and oxygen atoms in total. The summed E-state index contributed by atoms with van der Waals surface area (Å²) in [6.45, 7) is 4.28. The maximum absolute atomic E-state index is 4.04. The molecular formula is C9H15N2. The minimum Gasteiger partial charge on any atom is -0.159 e. The van der Waals surface area contributed by atoms with E-state index in [-0.39, 0.29) is 0 Å². The van der Waals surface area contributed by atoms with Gasteiger partial charge < -0.3 is 0 Å². The van der Waals surface area contributed by atoms with Crippen molar-refractivity contribution in [3.63, 3.8) is 0 Å². The fourth-order valence-electron chi connectivity index (χ4n) is 1.13. The van der Waals surface area contributed by atoms with Crippen molar-refractivity contribution in [2.75, 3.05) is 0 Å². The highest BCUT2D eigenvalue weighted by atomic mass is 15.3. The van der Waals surface area contributed by atoms with Gasteiger partial charge >= 0.3 is 0 Å². The van der Waals surface area contributed by atoms with Gasteiger partial charge in [-0.2, -0.15) is 10.5 Å². The van der Waals surface area contributed by atoms with Crippen LogP contribution in [0.25, 0.3) is 0 Å². The van der Waals surface area contributed by atoms with Gasteiger partial charge in [-0.25, -0.2) is 0 Å². The van der Waals surface area contributed by atoms with Crippen molar-refractivity contribution >= 4 is 5.71 Å². The Kier molecular flexibility index (Phi) is 3.14. The molecule has 0 spiro atoms. The predicted octanol–water partition coefficient (Wildman–Crippen LogP) is 2.44. The Morgan fingerprint density at radius 1 is 1.36 bits per heavy atom. The zero-order valence-electron chi connectivity index (χ0n) is 7.30. The second kappa shape index (κ2) is 4.16. The molecule has 0 amide bonds. The second-order valence-electron chi connectivity index (χ2n) is 2.93. The molecule has 2 heteroatoms. The molecule has 1 rings (SSSR count). The van der Waals surface area contributed by atoms with Crippen molar-refractivity contribution in [3.05, 3.63) is 11.8 Å². The summed E-state index contributed by atoms with van der Waals surface area (Å²) in [5, 5.41) is 4.04. The third kappa shape index (κ3) is 2.37. The molecule has 0 N–H and O–H groups in total. The highest BCUT2D eigenvalue weighted by molar-refractivity contribution is 6.00. The van der Waals surface area contributed by atoms with Crippen LogP contribution in [-0.4, -0.2) is 5.71 Å². The fourth-order valence-corrected chi connectivity index (χ4v) is 1.13. The summed E-state index contributed by atoms with van der Waals surface area (Å²) in [5.74, 6) is 0. The Hall–Kier alpha value is -0.790. The van der Waals surface area contributed by atoms with Crippen LogP contribution in [0.4, 0.5) is 0 Å². The topological polar surface area (TPSA) is 26.5 Å². The zero-order valence-corrected chi connectivity index (χ0v) is 7.30. The average molecular weight is 151 g/mol. The van der Waals surface area contributed by atoms with Crippen LogP contribution in [0.2, 0.25) is 0 Å². The van der Waals surface area contributed by atoms with Crippen LogP contribution in [0.15, 0.2) is 16.9 Å². The van der Waals surface area contributed by atoms with Gasteiger partial charge in [0.25, 0.3) is 0 Å². The van der Waals surface area contributed by atoms with Crippen LogP contribution in [-0.2, 0) is 0 Å². The minimum atomic E-state index is 1.10. The van der Waals surface area contributed by atoms with E-state index >= 15 is 0 Å². The van der Waals surface area contributed by atoms with Crippen LogP contribution in [0.3, 0.4) is 0 Å². The summed E-state index contributed by atoms with van der Waals surface area (Å²) in [6.07, 6.45) is 6.75. The number of hydrogen-bond donors (Lipinski definition) is 0. The number of hydrogen-bond acceptors (Lipinski definition) is 1. The van der Waals surface area contributed by atoms with Gasteiger partial charge in [0.2, 0.25) is 0 Å². The molecule has 0 saturated carbocycles. The highest BCUT2D eigenvalue weighted by Gasteiger charge is 2.06. The first-order valence-corrected chi connectivity index (χ1v) is 4.28. The van der Waals surface area contributed by atoms with E-state index < -0.39 is 0 Å². The van der Waals surface area contributed by atoms with Crippen molar-refractivity contribution in [2.45, 2.75) is 39.5 Å². The Morgan fingerprint density at radius 2 is 2.18 bits per heavy atom. The lowest BCUT2D eigenvalue weighted by molar-refractivity contribution is 0.740. The SMILES string of the molecule is CCCCCC1=N[N]C=C1C. The Morgan fingerprint density at radius 3 is 2.73 bits per heavy atom. The van der Waals surface area contributed by atoms with Crippen molar-refractivity contribution in [1.82, 2.24) is 5.43 Å². The smallest absolute Gasteiger partial charge is 0.0675 e. The molecule has 0 bridgehead atoms. The monoisotopic (exact) mass is 151 g/mol. The van der Waals surface area contributed by atoms with E-state index in [0.717, 1.165) is 6.42 Å². The molecule has 0 saturated heterocycles. The van der Waals surface area contributed by atoms with Crippen LogP contribution in [0.5, 0.6) is 0 Å². The number of allylic oxidation sites excluding steroid dienone is 1. The molecule has 0 aromatic rings. The van der Waals surface area contributed by atoms with Gasteiger partial charge in [0.15, 0.2) is 0 Å². The first-order valence-electron chi connectivity index (χ1n) is 4.28. The molecule has 0 aromatic carbocycles. The number of nitrogens with zero attached hydrogens (tertiary/aromatic N) is 2. The van der Waals surface area contributed by atoms with Gasteiger partial charge in [0, 0.05) is 0 Å². The van der Waals surface area contributed by atoms with Gasteiger partial charge in [-0.05, 0) is 25.3 Å². The van der Waals surface area contributed by atoms with Crippen LogP contribution < -0.4 is 5.43 Å². The molecule has 11 heavy (non-hydrogen) atoms. The summed E-state index contributed by atoms with van der Waals surface area (Å²) in [4.78, 5) is 0. The first-order chi connectivity index (χ1) is 5.34. The zero-order chi connectivity index (χ0) is 8.10. The highest BCUT2D eigenvalue weighted by Crippen LogP contribution is 2.10. The van der Waals surface area contributed by atoms with Crippen LogP contribution in [0.1, 0.15) is 39.5 Å². The van der Waals surface area contributed by atoms with E-state index in [1.165, 1.54) is 30.5 Å². The summed E-state index contributed by atoms with van der Waals surface area (Å²) in [5.41, 5.74) is 6.27. The standard InChI is InChI=1S/C9H15N2/c1-3-4-5-6-9-8(2)7-10-11-9/h7H,3-6H2,1-2H3. The summed E-state index contributed by atoms with van der Waals surface area (Å²) in [6, 6.07) is 0. The van der Waals surface area contributed by atoms with Crippen molar-refractivity contribution in [1.29, 1.82) is 0 Å². The van der Waals surface area contributed by atoms with Gasteiger partial charge in [0.1, 0.15) is 0 Å². The third-order valence-electron chi connectivity index (χ3n) is 1.90. The fraction of sp³-hybridized carbons (Fsp3) is 0.667. The molecule has 0 atom stereocenters. The van der Waals surface area contributed by atoms with E-state index in [1.54, 1.807) is 0 Å². The third-order valence-corrected chi connectivity index (χ3v) is 1.90. The van der Waals surface area contributed by atoms with E-state index in [4.69, 9.17) is 0 Å². The van der Waals surface area contributed by atoms with Crippen molar-refractivity contribution in [2.24, 2.45) is 5.10 Å². The maximum atomic E-state index is 4.04. The van der Waals surface area contributed by atoms with Crippen LogP contribution in [0, 0.1) is 0 Å². The summed E-state index contributed by atoms with van der Waals surface area (Å²) in [7, 11) is 0. The first kappa shape index (κ1) is 8.31. The minimum absolute atomic E-state index is 1.10. The van der Waals surface area contributed by atoms with E-state index in [9.17, 15) is 0 Å². The molecule has 0 aliphatic carbocycles. The molecule has 1 heterocycles.